The highest BCUT2D eigenvalue weighted by Gasteiger charge is 2.35. The van der Waals surface area contributed by atoms with Crippen LogP contribution >= 0.6 is 0 Å². The van der Waals surface area contributed by atoms with Gasteiger partial charge in [0.2, 0.25) is 0 Å². The van der Waals surface area contributed by atoms with Gasteiger partial charge < -0.3 is 15.1 Å². The van der Waals surface area contributed by atoms with Crippen molar-refractivity contribution in [1.82, 2.24) is 5.32 Å². The maximum atomic E-state index is 12.2. The third kappa shape index (κ3) is 4.32. The van der Waals surface area contributed by atoms with Crippen LogP contribution in [-0.4, -0.2) is 44.7 Å². The fourth-order valence-electron chi connectivity index (χ4n) is 4.08. The van der Waals surface area contributed by atoms with E-state index in [0.29, 0.717) is 12.6 Å². The van der Waals surface area contributed by atoms with Gasteiger partial charge in [-0.2, -0.15) is 0 Å². The van der Waals surface area contributed by atoms with Crippen molar-refractivity contribution in [3.05, 3.63) is 71.8 Å². The Labute approximate surface area is 156 Å². The van der Waals surface area contributed by atoms with Crippen LogP contribution < -0.4 is 15.1 Å². The predicted octanol–water partition coefficient (Wildman–Crippen LogP) is 0.0840. The molecule has 1 aliphatic rings. The van der Waals surface area contributed by atoms with Crippen LogP contribution in [0.4, 0.5) is 0 Å². The number of quaternary nitrogens is 2. The van der Waals surface area contributed by atoms with Gasteiger partial charge in [-0.25, -0.2) is 0 Å². The zero-order valence-electron chi connectivity index (χ0n) is 15.9. The largest absolute Gasteiger partial charge is 0.351 e. The fourth-order valence-corrected chi connectivity index (χ4v) is 4.08. The molecular weight excluding hydrogens is 322 g/mol. The summed E-state index contributed by atoms with van der Waals surface area (Å²) in [6, 6.07) is 22.0. The number of nitrogens with one attached hydrogen (secondary N) is 3. The third-order valence-corrected chi connectivity index (χ3v) is 5.57. The van der Waals surface area contributed by atoms with Crippen LogP contribution in [0.25, 0.3) is 0 Å². The molecule has 0 unspecified atom stereocenters. The van der Waals surface area contributed by atoms with Gasteiger partial charge in [0.15, 0.2) is 6.04 Å². The number of hydrogen-bond donors (Lipinski definition) is 3. The first-order valence-corrected chi connectivity index (χ1v) is 9.77. The Kier molecular flexibility index (Phi) is 6.42. The smallest absolute Gasteiger partial charge is 0.278 e. The van der Waals surface area contributed by atoms with Crippen LogP contribution in [0.2, 0.25) is 0 Å². The Morgan fingerprint density at radius 1 is 0.885 bits per heavy atom. The molecule has 1 heterocycles. The van der Waals surface area contributed by atoms with Gasteiger partial charge in [0.25, 0.3) is 5.91 Å². The Bertz CT molecular complexity index is 642. The summed E-state index contributed by atoms with van der Waals surface area (Å²) in [5, 5.41) is 2.96. The number of likely N-dealkylation sites (N-methyl/N-ethyl adjacent to an activating group) is 1. The summed E-state index contributed by atoms with van der Waals surface area (Å²) >= 11 is 0. The summed E-state index contributed by atoms with van der Waals surface area (Å²) in [5.74, 6) is 0.175. The first-order valence-electron chi connectivity index (χ1n) is 9.77. The van der Waals surface area contributed by atoms with Crippen molar-refractivity contribution in [3.63, 3.8) is 0 Å². The normalized spacial score (nSPS) is 21.3. The fraction of sp³-hybridized carbons (Fsp3) is 0.409. The molecule has 0 aromatic heterocycles. The molecule has 138 valence electrons. The van der Waals surface area contributed by atoms with Gasteiger partial charge in [-0.05, 0) is 13.8 Å². The summed E-state index contributed by atoms with van der Waals surface area (Å²) in [6.45, 7) is 8.95. The van der Waals surface area contributed by atoms with E-state index in [4.69, 9.17) is 0 Å². The molecule has 4 nitrogen and oxygen atoms in total. The molecule has 1 aliphatic heterocycles. The minimum Gasteiger partial charge on any atom is -0.351 e. The predicted molar refractivity (Wildman–Crippen MR) is 104 cm³/mol. The van der Waals surface area contributed by atoms with Crippen LogP contribution in [0.1, 0.15) is 31.0 Å². The SMILES string of the molecule is CCNC(=O)[C@@H](C)[NH+]1CC[NH+](C(c2ccccc2)c2ccccc2)CC1. The Balaban J connectivity index is 1.73. The molecule has 0 radical (unpaired) electrons. The molecule has 2 aromatic carbocycles. The van der Waals surface area contributed by atoms with Crippen LogP contribution in [-0.2, 0) is 4.79 Å². The number of hydrogen-bond acceptors (Lipinski definition) is 1. The third-order valence-electron chi connectivity index (χ3n) is 5.57. The average molecular weight is 354 g/mol. The Hall–Kier alpha value is -2.17. The summed E-state index contributed by atoms with van der Waals surface area (Å²) in [4.78, 5) is 15.2. The van der Waals surface area contributed by atoms with E-state index in [1.54, 1.807) is 4.90 Å². The van der Waals surface area contributed by atoms with E-state index in [2.05, 4.69) is 72.9 Å². The molecular formula is C22H31N3O+2. The summed E-state index contributed by atoms with van der Waals surface area (Å²) in [7, 11) is 0. The molecule has 0 spiro atoms. The lowest BCUT2D eigenvalue weighted by atomic mass is 9.96. The number of carbonyl (C=O) groups excluding carboxylic acids is 1. The van der Waals surface area contributed by atoms with E-state index < -0.39 is 0 Å². The van der Waals surface area contributed by atoms with Gasteiger partial charge in [0.05, 0.1) is 0 Å². The number of carbonyl (C=O) groups is 1. The molecule has 26 heavy (non-hydrogen) atoms. The van der Waals surface area contributed by atoms with E-state index in [1.165, 1.54) is 16.0 Å². The van der Waals surface area contributed by atoms with Gasteiger partial charge in [-0.3, -0.25) is 4.79 Å². The van der Waals surface area contributed by atoms with E-state index in [1.807, 2.05) is 6.92 Å². The van der Waals surface area contributed by atoms with E-state index in [0.717, 1.165) is 26.2 Å². The monoisotopic (exact) mass is 353 g/mol. The Morgan fingerprint density at radius 2 is 1.35 bits per heavy atom. The summed E-state index contributed by atoms with van der Waals surface area (Å²) in [6.07, 6.45) is 0. The lowest BCUT2D eigenvalue weighted by Crippen LogP contribution is -3.30. The molecule has 1 atom stereocenters. The number of piperazine rings is 1. The van der Waals surface area contributed by atoms with Crippen LogP contribution in [0.5, 0.6) is 0 Å². The van der Waals surface area contributed by atoms with Crippen molar-refractivity contribution in [3.8, 4) is 0 Å². The molecule has 1 amide bonds. The molecule has 4 heteroatoms. The second kappa shape index (κ2) is 8.97. The first-order chi connectivity index (χ1) is 12.7. The van der Waals surface area contributed by atoms with Crippen molar-refractivity contribution in [2.24, 2.45) is 0 Å². The molecule has 3 N–H and O–H groups in total. The van der Waals surface area contributed by atoms with E-state index >= 15 is 0 Å². The second-order valence-electron chi connectivity index (χ2n) is 7.19. The van der Waals surface area contributed by atoms with Crippen molar-refractivity contribution >= 4 is 5.91 Å². The van der Waals surface area contributed by atoms with Crippen molar-refractivity contribution in [2.75, 3.05) is 32.7 Å². The molecule has 3 rings (SSSR count). The maximum absolute atomic E-state index is 12.2. The first kappa shape index (κ1) is 18.6. The number of rotatable bonds is 6. The lowest BCUT2D eigenvalue weighted by molar-refractivity contribution is -1.03. The standard InChI is InChI=1S/C22H29N3O/c1-3-23-22(26)18(2)24-14-16-25(17-15-24)21(19-10-6-4-7-11-19)20-12-8-5-9-13-20/h4-13,18,21H,3,14-17H2,1-2H3,(H,23,26)/p+2/t18-/m1/s1. The highest BCUT2D eigenvalue weighted by atomic mass is 16.2. The van der Waals surface area contributed by atoms with Gasteiger partial charge in [0.1, 0.15) is 32.2 Å². The molecule has 1 saturated heterocycles. The minimum atomic E-state index is 0.0309. The molecule has 2 aromatic rings. The van der Waals surface area contributed by atoms with Crippen LogP contribution in [0.15, 0.2) is 60.7 Å². The van der Waals surface area contributed by atoms with Gasteiger partial charge in [0, 0.05) is 17.7 Å². The van der Waals surface area contributed by atoms with Crippen LogP contribution in [0.3, 0.4) is 0 Å². The molecule has 1 fully saturated rings. The lowest BCUT2D eigenvalue weighted by Gasteiger charge is -2.36. The quantitative estimate of drug-likeness (QED) is 0.676. The second-order valence-corrected chi connectivity index (χ2v) is 7.19. The van der Waals surface area contributed by atoms with Crippen LogP contribution in [0, 0.1) is 0 Å². The molecule has 0 bridgehead atoms. The molecule has 0 aliphatic carbocycles. The minimum absolute atomic E-state index is 0.0309. The van der Waals surface area contributed by atoms with Crippen molar-refractivity contribution in [1.29, 1.82) is 0 Å². The van der Waals surface area contributed by atoms with E-state index in [-0.39, 0.29) is 11.9 Å². The topological polar surface area (TPSA) is 38.0 Å². The average Bonchev–Trinajstić information content (AvgIpc) is 2.70. The number of amides is 1. The van der Waals surface area contributed by atoms with Gasteiger partial charge in [-0.15, -0.1) is 0 Å². The molecule has 0 saturated carbocycles. The zero-order chi connectivity index (χ0) is 18.4. The maximum Gasteiger partial charge on any atom is 0.278 e. The highest BCUT2D eigenvalue weighted by Crippen LogP contribution is 2.18. The van der Waals surface area contributed by atoms with Crippen molar-refractivity contribution < 1.29 is 14.6 Å². The summed E-state index contributed by atoms with van der Waals surface area (Å²) < 4.78 is 0. The summed E-state index contributed by atoms with van der Waals surface area (Å²) in [5.41, 5.74) is 2.74. The Morgan fingerprint density at radius 3 is 1.81 bits per heavy atom. The van der Waals surface area contributed by atoms with E-state index in [9.17, 15) is 4.79 Å². The van der Waals surface area contributed by atoms with Gasteiger partial charge >= 0.3 is 0 Å². The van der Waals surface area contributed by atoms with Crippen molar-refractivity contribution in [2.45, 2.75) is 25.9 Å². The zero-order valence-corrected chi connectivity index (χ0v) is 15.9. The number of benzene rings is 2. The highest BCUT2D eigenvalue weighted by molar-refractivity contribution is 5.79. The van der Waals surface area contributed by atoms with Gasteiger partial charge in [-0.1, -0.05) is 60.7 Å².